The van der Waals surface area contributed by atoms with Crippen LogP contribution < -0.4 is 5.73 Å². The SMILES string of the molecule is CCC1SCC(C(=O)O)N1C(=O)C(N)C(C)(C)C. The molecule has 1 rings (SSSR count). The molecule has 104 valence electrons. The summed E-state index contributed by atoms with van der Waals surface area (Å²) in [5.74, 6) is -0.768. The van der Waals surface area contributed by atoms with Gasteiger partial charge in [0.1, 0.15) is 6.04 Å². The van der Waals surface area contributed by atoms with Gasteiger partial charge in [-0.25, -0.2) is 4.79 Å². The van der Waals surface area contributed by atoms with E-state index >= 15 is 0 Å². The van der Waals surface area contributed by atoms with Crippen LogP contribution in [0, 0.1) is 5.41 Å². The Kier molecular flexibility index (Phi) is 4.66. The van der Waals surface area contributed by atoms with Crippen molar-refractivity contribution in [3.05, 3.63) is 0 Å². The van der Waals surface area contributed by atoms with Gasteiger partial charge >= 0.3 is 5.97 Å². The number of amides is 1. The lowest BCUT2D eigenvalue weighted by Crippen LogP contribution is -2.55. The lowest BCUT2D eigenvalue weighted by atomic mass is 9.86. The first-order valence-corrected chi connectivity index (χ1v) is 7.17. The Morgan fingerprint density at radius 3 is 2.44 bits per heavy atom. The van der Waals surface area contributed by atoms with Crippen LogP contribution in [-0.2, 0) is 9.59 Å². The predicted octanol–water partition coefficient (Wildman–Crippen LogP) is 1.12. The van der Waals surface area contributed by atoms with Crippen molar-refractivity contribution in [2.45, 2.75) is 51.6 Å². The van der Waals surface area contributed by atoms with Crippen molar-refractivity contribution in [3.8, 4) is 0 Å². The van der Waals surface area contributed by atoms with E-state index in [-0.39, 0.29) is 16.7 Å². The molecule has 3 unspecified atom stereocenters. The molecule has 1 aliphatic rings. The molecular weight excluding hydrogens is 252 g/mol. The third-order valence-corrected chi connectivity index (χ3v) is 4.63. The van der Waals surface area contributed by atoms with Gasteiger partial charge in [-0.3, -0.25) is 4.79 Å². The molecular formula is C12H22N2O3S. The van der Waals surface area contributed by atoms with Crippen LogP contribution in [0.1, 0.15) is 34.1 Å². The maximum absolute atomic E-state index is 12.4. The molecule has 1 heterocycles. The number of nitrogens with two attached hydrogens (primary N) is 1. The fraction of sp³-hybridized carbons (Fsp3) is 0.833. The smallest absolute Gasteiger partial charge is 0.327 e. The first-order chi connectivity index (χ1) is 8.20. The number of thioether (sulfide) groups is 1. The van der Waals surface area contributed by atoms with Gasteiger partial charge in [-0.2, -0.15) is 0 Å². The molecule has 18 heavy (non-hydrogen) atoms. The summed E-state index contributed by atoms with van der Waals surface area (Å²) in [7, 11) is 0. The van der Waals surface area contributed by atoms with E-state index in [2.05, 4.69) is 0 Å². The molecule has 0 radical (unpaired) electrons. The van der Waals surface area contributed by atoms with Crippen LogP contribution in [0.25, 0.3) is 0 Å². The molecule has 6 heteroatoms. The van der Waals surface area contributed by atoms with Crippen molar-refractivity contribution in [1.29, 1.82) is 0 Å². The number of hydrogen-bond acceptors (Lipinski definition) is 4. The molecule has 0 spiro atoms. The number of carbonyl (C=O) groups excluding carboxylic acids is 1. The molecule has 0 aromatic rings. The van der Waals surface area contributed by atoms with Gasteiger partial charge in [-0.05, 0) is 11.8 Å². The Morgan fingerprint density at radius 1 is 1.50 bits per heavy atom. The van der Waals surface area contributed by atoms with Gasteiger partial charge < -0.3 is 15.7 Å². The van der Waals surface area contributed by atoms with Gasteiger partial charge in [0.2, 0.25) is 5.91 Å². The average molecular weight is 274 g/mol. The molecule has 1 saturated heterocycles. The highest BCUT2D eigenvalue weighted by Gasteiger charge is 2.44. The zero-order valence-corrected chi connectivity index (χ0v) is 12.2. The molecule has 3 atom stereocenters. The highest BCUT2D eigenvalue weighted by Crippen LogP contribution is 2.33. The fourth-order valence-electron chi connectivity index (χ4n) is 1.89. The summed E-state index contributed by atoms with van der Waals surface area (Å²) < 4.78 is 0. The average Bonchev–Trinajstić information content (AvgIpc) is 2.69. The lowest BCUT2D eigenvalue weighted by molar-refractivity contribution is -0.150. The molecule has 5 nitrogen and oxygen atoms in total. The molecule has 0 aromatic carbocycles. The highest BCUT2D eigenvalue weighted by molar-refractivity contribution is 8.00. The summed E-state index contributed by atoms with van der Waals surface area (Å²) in [5.41, 5.74) is 5.59. The van der Waals surface area contributed by atoms with E-state index in [1.165, 1.54) is 16.7 Å². The Balaban J connectivity index is 2.95. The van der Waals surface area contributed by atoms with Crippen LogP contribution >= 0.6 is 11.8 Å². The molecule has 0 aromatic heterocycles. The molecule has 1 amide bonds. The maximum Gasteiger partial charge on any atom is 0.327 e. The Bertz CT molecular complexity index is 341. The van der Waals surface area contributed by atoms with E-state index in [4.69, 9.17) is 5.73 Å². The topological polar surface area (TPSA) is 83.6 Å². The number of carbonyl (C=O) groups is 2. The van der Waals surface area contributed by atoms with E-state index in [0.29, 0.717) is 5.75 Å². The molecule has 3 N–H and O–H groups in total. The molecule has 0 bridgehead atoms. The van der Waals surface area contributed by atoms with Crippen molar-refractivity contribution in [1.82, 2.24) is 4.90 Å². The van der Waals surface area contributed by atoms with Crippen molar-refractivity contribution in [2.75, 3.05) is 5.75 Å². The number of aliphatic carboxylic acids is 1. The Labute approximate surface area is 112 Å². The minimum atomic E-state index is -0.951. The van der Waals surface area contributed by atoms with Gasteiger partial charge in [-0.15, -0.1) is 11.8 Å². The van der Waals surface area contributed by atoms with E-state index in [0.717, 1.165) is 6.42 Å². The number of rotatable bonds is 3. The zero-order chi connectivity index (χ0) is 14.1. The Morgan fingerprint density at radius 2 is 2.06 bits per heavy atom. The third-order valence-electron chi connectivity index (χ3n) is 3.18. The van der Waals surface area contributed by atoms with Crippen LogP contribution in [0.4, 0.5) is 0 Å². The lowest BCUT2D eigenvalue weighted by Gasteiger charge is -2.34. The highest BCUT2D eigenvalue weighted by atomic mass is 32.2. The summed E-state index contributed by atoms with van der Waals surface area (Å²) in [5, 5.41) is 9.11. The third kappa shape index (κ3) is 2.98. The quantitative estimate of drug-likeness (QED) is 0.806. The molecule has 0 saturated carbocycles. The minimum Gasteiger partial charge on any atom is -0.480 e. The van der Waals surface area contributed by atoms with Crippen LogP contribution in [0.2, 0.25) is 0 Å². The minimum absolute atomic E-state index is 0.0769. The largest absolute Gasteiger partial charge is 0.480 e. The second kappa shape index (κ2) is 5.48. The van der Waals surface area contributed by atoms with E-state index < -0.39 is 18.1 Å². The normalized spacial score (nSPS) is 26.2. The summed E-state index contributed by atoms with van der Waals surface area (Å²) in [6.45, 7) is 7.60. The second-order valence-electron chi connectivity index (χ2n) is 5.64. The molecule has 1 fully saturated rings. The number of carboxylic acids is 1. The van der Waals surface area contributed by atoms with Crippen molar-refractivity contribution < 1.29 is 14.7 Å². The van der Waals surface area contributed by atoms with Crippen LogP contribution in [0.3, 0.4) is 0 Å². The molecule has 0 aliphatic carbocycles. The summed E-state index contributed by atoms with van der Waals surface area (Å²) in [6, 6.07) is -1.42. The summed E-state index contributed by atoms with van der Waals surface area (Å²) in [4.78, 5) is 25.1. The molecule has 1 aliphatic heterocycles. The standard InChI is InChI=1S/C12H22N2O3S/c1-5-8-14(7(6-18-8)11(16)17)10(15)9(13)12(2,3)4/h7-9H,5-6,13H2,1-4H3,(H,16,17). The number of nitrogens with zero attached hydrogens (tertiary/aromatic N) is 1. The zero-order valence-electron chi connectivity index (χ0n) is 11.3. The van der Waals surface area contributed by atoms with Gasteiger partial charge in [0.25, 0.3) is 0 Å². The predicted molar refractivity (Wildman–Crippen MR) is 72.2 cm³/mol. The van der Waals surface area contributed by atoms with Gasteiger partial charge in [0.15, 0.2) is 0 Å². The van der Waals surface area contributed by atoms with E-state index in [1.807, 2.05) is 27.7 Å². The summed E-state index contributed by atoms with van der Waals surface area (Å²) in [6.07, 6.45) is 0.733. The van der Waals surface area contributed by atoms with Crippen LogP contribution in [0.15, 0.2) is 0 Å². The summed E-state index contributed by atoms with van der Waals surface area (Å²) >= 11 is 1.51. The Hall–Kier alpha value is -0.750. The maximum atomic E-state index is 12.4. The van der Waals surface area contributed by atoms with Crippen molar-refractivity contribution in [3.63, 3.8) is 0 Å². The van der Waals surface area contributed by atoms with Gasteiger partial charge in [0, 0.05) is 5.75 Å². The van der Waals surface area contributed by atoms with E-state index in [9.17, 15) is 14.7 Å². The van der Waals surface area contributed by atoms with Gasteiger partial charge in [-0.1, -0.05) is 27.7 Å². The van der Waals surface area contributed by atoms with Gasteiger partial charge in [0.05, 0.1) is 11.4 Å². The van der Waals surface area contributed by atoms with Crippen LogP contribution in [-0.4, -0.2) is 45.1 Å². The van der Waals surface area contributed by atoms with Crippen LogP contribution in [0.5, 0.6) is 0 Å². The monoisotopic (exact) mass is 274 g/mol. The first kappa shape index (κ1) is 15.3. The first-order valence-electron chi connectivity index (χ1n) is 6.12. The number of hydrogen-bond donors (Lipinski definition) is 2. The fourth-order valence-corrected chi connectivity index (χ4v) is 3.25. The van der Waals surface area contributed by atoms with E-state index in [1.54, 1.807) is 0 Å². The second-order valence-corrected chi connectivity index (χ2v) is 6.85. The number of carboxylic acid groups (broad SMARTS) is 1. The van der Waals surface area contributed by atoms with Crippen molar-refractivity contribution in [2.24, 2.45) is 11.1 Å². The van der Waals surface area contributed by atoms with Crippen molar-refractivity contribution >= 4 is 23.6 Å².